The molecular formula is C31H38N2O3S. The van der Waals surface area contributed by atoms with Crippen LogP contribution in [0.4, 0.5) is 0 Å². The van der Waals surface area contributed by atoms with Crippen molar-refractivity contribution in [1.29, 1.82) is 0 Å². The molecule has 0 aliphatic rings. The van der Waals surface area contributed by atoms with Crippen LogP contribution in [0.5, 0.6) is 5.75 Å². The van der Waals surface area contributed by atoms with E-state index in [1.165, 1.54) is 11.1 Å². The highest BCUT2D eigenvalue weighted by atomic mass is 32.2. The average molecular weight is 519 g/mol. The van der Waals surface area contributed by atoms with Crippen molar-refractivity contribution in [3.05, 3.63) is 101 Å². The molecule has 0 aliphatic carbocycles. The zero-order chi connectivity index (χ0) is 26.8. The van der Waals surface area contributed by atoms with Crippen LogP contribution in [-0.2, 0) is 28.3 Å². The number of amides is 2. The van der Waals surface area contributed by atoms with E-state index in [0.717, 1.165) is 22.6 Å². The summed E-state index contributed by atoms with van der Waals surface area (Å²) in [5.41, 5.74) is 3.93. The van der Waals surface area contributed by atoms with E-state index in [-0.39, 0.29) is 17.6 Å². The van der Waals surface area contributed by atoms with Gasteiger partial charge in [-0.3, -0.25) is 9.59 Å². The number of ether oxygens (including phenoxy) is 1. The number of carbonyl (C=O) groups is 2. The summed E-state index contributed by atoms with van der Waals surface area (Å²) >= 11 is 1.58. The molecule has 37 heavy (non-hydrogen) atoms. The van der Waals surface area contributed by atoms with E-state index >= 15 is 0 Å². The molecule has 2 amide bonds. The second kappa shape index (κ2) is 13.3. The number of methoxy groups -OCH3 is 1. The number of thioether (sulfide) groups is 1. The van der Waals surface area contributed by atoms with Gasteiger partial charge >= 0.3 is 0 Å². The summed E-state index contributed by atoms with van der Waals surface area (Å²) in [6.45, 7) is 8.26. The van der Waals surface area contributed by atoms with Gasteiger partial charge in [0, 0.05) is 24.3 Å². The van der Waals surface area contributed by atoms with Crippen molar-refractivity contribution in [2.24, 2.45) is 0 Å². The third-order valence-corrected chi connectivity index (χ3v) is 6.97. The van der Waals surface area contributed by atoms with Crippen molar-refractivity contribution in [2.45, 2.75) is 58.0 Å². The zero-order valence-corrected chi connectivity index (χ0v) is 23.3. The Morgan fingerprint density at radius 3 is 2.30 bits per heavy atom. The highest BCUT2D eigenvalue weighted by molar-refractivity contribution is 7.99. The molecule has 0 heterocycles. The summed E-state index contributed by atoms with van der Waals surface area (Å²) < 4.78 is 5.40. The first-order valence-corrected chi connectivity index (χ1v) is 13.7. The quantitative estimate of drug-likeness (QED) is 0.349. The Hall–Kier alpha value is -3.25. The molecule has 0 fully saturated rings. The van der Waals surface area contributed by atoms with Gasteiger partial charge in [-0.15, -0.1) is 11.8 Å². The summed E-state index contributed by atoms with van der Waals surface area (Å²) in [6, 6.07) is 25.1. The van der Waals surface area contributed by atoms with E-state index < -0.39 is 11.6 Å². The molecule has 0 saturated carbocycles. The number of hydrogen-bond acceptors (Lipinski definition) is 4. The molecule has 196 valence electrons. The lowest BCUT2D eigenvalue weighted by atomic mass is 10.0. The fourth-order valence-electron chi connectivity index (χ4n) is 4.08. The highest BCUT2D eigenvalue weighted by Crippen LogP contribution is 2.22. The van der Waals surface area contributed by atoms with Crippen LogP contribution >= 0.6 is 11.8 Å². The van der Waals surface area contributed by atoms with E-state index in [0.29, 0.717) is 13.0 Å². The van der Waals surface area contributed by atoms with Gasteiger partial charge in [0.25, 0.3) is 0 Å². The van der Waals surface area contributed by atoms with Gasteiger partial charge in [-0.1, -0.05) is 66.7 Å². The van der Waals surface area contributed by atoms with Crippen LogP contribution in [0.1, 0.15) is 43.0 Å². The number of nitrogens with zero attached hydrogens (tertiary/aromatic N) is 1. The van der Waals surface area contributed by atoms with Crippen LogP contribution in [0, 0.1) is 6.92 Å². The first-order valence-electron chi connectivity index (χ1n) is 12.6. The van der Waals surface area contributed by atoms with E-state index in [2.05, 4.69) is 24.4 Å². The lowest BCUT2D eigenvalue weighted by Gasteiger charge is -2.34. The minimum atomic E-state index is -0.653. The molecule has 3 aromatic carbocycles. The van der Waals surface area contributed by atoms with Gasteiger partial charge in [0.1, 0.15) is 11.8 Å². The third-order valence-electron chi connectivity index (χ3n) is 6.00. The Labute approximate surface area is 225 Å². The number of rotatable bonds is 11. The molecule has 0 spiro atoms. The number of nitrogens with one attached hydrogen (secondary N) is 1. The maximum absolute atomic E-state index is 13.8. The van der Waals surface area contributed by atoms with Crippen molar-refractivity contribution in [2.75, 3.05) is 12.9 Å². The molecule has 1 N–H and O–H groups in total. The predicted octanol–water partition coefficient (Wildman–Crippen LogP) is 5.79. The van der Waals surface area contributed by atoms with Crippen LogP contribution in [0.15, 0.2) is 78.9 Å². The largest absolute Gasteiger partial charge is 0.497 e. The SMILES string of the molecule is COc1cccc(CN(C(=O)CSCc2ccccc2C)C(Cc2ccccc2)C(=O)NC(C)(C)C)c1. The molecule has 0 saturated heterocycles. The topological polar surface area (TPSA) is 58.6 Å². The van der Waals surface area contributed by atoms with Crippen molar-refractivity contribution in [1.82, 2.24) is 10.2 Å². The Morgan fingerprint density at radius 1 is 0.946 bits per heavy atom. The zero-order valence-electron chi connectivity index (χ0n) is 22.5. The molecule has 0 bridgehead atoms. The van der Waals surface area contributed by atoms with Crippen molar-refractivity contribution < 1.29 is 14.3 Å². The summed E-state index contributed by atoms with van der Waals surface area (Å²) in [5, 5.41) is 3.11. The molecule has 5 nitrogen and oxygen atoms in total. The number of hydrogen-bond donors (Lipinski definition) is 1. The molecule has 1 unspecified atom stereocenters. The van der Waals surface area contributed by atoms with E-state index in [4.69, 9.17) is 4.74 Å². The second-order valence-corrected chi connectivity index (χ2v) is 11.2. The van der Waals surface area contributed by atoms with Crippen LogP contribution in [0.3, 0.4) is 0 Å². The van der Waals surface area contributed by atoms with Crippen LogP contribution in [0.25, 0.3) is 0 Å². The summed E-state index contributed by atoms with van der Waals surface area (Å²) in [7, 11) is 1.62. The van der Waals surface area contributed by atoms with Crippen molar-refractivity contribution in [3.8, 4) is 5.75 Å². The van der Waals surface area contributed by atoms with E-state index in [1.807, 2.05) is 87.5 Å². The van der Waals surface area contributed by atoms with Gasteiger partial charge in [-0.2, -0.15) is 0 Å². The lowest BCUT2D eigenvalue weighted by molar-refractivity contribution is -0.140. The number of aryl methyl sites for hydroxylation is 1. The summed E-state index contributed by atoms with van der Waals surface area (Å²) in [5.74, 6) is 1.52. The molecular weight excluding hydrogens is 480 g/mol. The van der Waals surface area contributed by atoms with Crippen molar-refractivity contribution in [3.63, 3.8) is 0 Å². The van der Waals surface area contributed by atoms with E-state index in [1.54, 1.807) is 23.8 Å². The summed E-state index contributed by atoms with van der Waals surface area (Å²) in [4.78, 5) is 29.1. The monoisotopic (exact) mass is 518 g/mol. The third kappa shape index (κ3) is 8.97. The average Bonchev–Trinajstić information content (AvgIpc) is 2.87. The number of benzene rings is 3. The Morgan fingerprint density at radius 2 is 1.62 bits per heavy atom. The van der Waals surface area contributed by atoms with Gasteiger partial charge < -0.3 is 15.0 Å². The van der Waals surface area contributed by atoms with Crippen LogP contribution < -0.4 is 10.1 Å². The van der Waals surface area contributed by atoms with Gasteiger partial charge in [0.2, 0.25) is 11.8 Å². The van der Waals surface area contributed by atoms with Gasteiger partial charge in [-0.05, 0) is 62.1 Å². The molecule has 3 aromatic rings. The molecule has 0 radical (unpaired) electrons. The van der Waals surface area contributed by atoms with Gasteiger partial charge in [0.05, 0.1) is 12.9 Å². The van der Waals surface area contributed by atoms with Crippen molar-refractivity contribution >= 4 is 23.6 Å². The molecule has 6 heteroatoms. The Kier molecular flexibility index (Phi) is 10.2. The smallest absolute Gasteiger partial charge is 0.243 e. The van der Waals surface area contributed by atoms with Gasteiger partial charge in [-0.25, -0.2) is 0 Å². The first-order chi connectivity index (χ1) is 17.7. The second-order valence-electron chi connectivity index (χ2n) is 10.2. The van der Waals surface area contributed by atoms with E-state index in [9.17, 15) is 9.59 Å². The summed E-state index contributed by atoms with van der Waals surface area (Å²) in [6.07, 6.45) is 0.431. The molecule has 3 rings (SSSR count). The lowest BCUT2D eigenvalue weighted by Crippen LogP contribution is -2.54. The molecule has 1 atom stereocenters. The van der Waals surface area contributed by atoms with Gasteiger partial charge in [0.15, 0.2) is 0 Å². The minimum Gasteiger partial charge on any atom is -0.497 e. The molecule has 0 aliphatic heterocycles. The Bertz CT molecular complexity index is 1170. The maximum atomic E-state index is 13.8. The minimum absolute atomic E-state index is 0.0635. The predicted molar refractivity (Wildman–Crippen MR) is 153 cm³/mol. The Balaban J connectivity index is 1.89. The normalized spacial score (nSPS) is 12.0. The number of carbonyl (C=O) groups excluding carboxylic acids is 2. The molecule has 0 aromatic heterocycles. The fraction of sp³-hybridized carbons (Fsp3) is 0.355. The fourth-order valence-corrected chi connectivity index (χ4v) is 5.06. The standard InChI is InChI=1S/C31H38N2O3S/c1-23-12-9-10-16-26(23)21-37-22-29(34)33(20-25-15-11-17-27(18-25)36-5)28(30(35)32-31(2,3)4)19-24-13-7-6-8-14-24/h6-18,28H,19-22H2,1-5H3,(H,32,35). The first kappa shape index (κ1) is 28.3. The van der Waals surface area contributed by atoms with Crippen LogP contribution in [-0.4, -0.2) is 41.2 Å². The van der Waals surface area contributed by atoms with Crippen LogP contribution in [0.2, 0.25) is 0 Å². The maximum Gasteiger partial charge on any atom is 0.243 e. The highest BCUT2D eigenvalue weighted by Gasteiger charge is 2.32.